The molecule has 0 amide bonds. The summed E-state index contributed by atoms with van der Waals surface area (Å²) in [7, 11) is -1.55. The number of hydrogen-bond acceptors (Lipinski definition) is 2. The zero-order valence-electron chi connectivity index (χ0n) is 9.33. The molecule has 16 heavy (non-hydrogen) atoms. The lowest BCUT2D eigenvalue weighted by atomic mass is 10.1. The molecule has 1 fully saturated rings. The number of benzene rings is 1. The molecule has 1 heterocycles. The van der Waals surface area contributed by atoms with Crippen LogP contribution in [0, 0.1) is 0 Å². The third-order valence-electron chi connectivity index (χ3n) is 2.88. The van der Waals surface area contributed by atoms with Gasteiger partial charge in [0.1, 0.15) is 0 Å². The number of likely N-dealkylation sites (N-methyl/N-ethyl adjacent to an activating group) is 1. The second-order valence-electron chi connectivity index (χ2n) is 3.96. The van der Waals surface area contributed by atoms with Gasteiger partial charge in [0.05, 0.1) is 0 Å². The quantitative estimate of drug-likeness (QED) is 0.781. The molecular weight excluding hydrogens is 224 g/mol. The minimum atomic E-state index is -3.17. The second kappa shape index (κ2) is 4.53. The van der Waals surface area contributed by atoms with Crippen LogP contribution in [-0.2, 0) is 16.6 Å². The lowest BCUT2D eigenvalue weighted by Gasteiger charge is -2.15. The summed E-state index contributed by atoms with van der Waals surface area (Å²) in [5.74, 6) is 0. The van der Waals surface area contributed by atoms with Gasteiger partial charge in [-0.25, -0.2) is 0 Å². The summed E-state index contributed by atoms with van der Waals surface area (Å²) in [5, 5.41) is 0. The van der Waals surface area contributed by atoms with Crippen molar-refractivity contribution in [3.8, 4) is 0 Å². The first-order chi connectivity index (χ1) is 7.60. The first-order valence-corrected chi connectivity index (χ1v) is 6.76. The van der Waals surface area contributed by atoms with Crippen molar-refractivity contribution in [3.63, 3.8) is 0 Å². The van der Waals surface area contributed by atoms with Gasteiger partial charge in [-0.1, -0.05) is 30.3 Å². The van der Waals surface area contributed by atoms with Gasteiger partial charge in [0.25, 0.3) is 10.2 Å². The van der Waals surface area contributed by atoms with Gasteiger partial charge in [0.2, 0.25) is 0 Å². The summed E-state index contributed by atoms with van der Waals surface area (Å²) in [6.45, 7) is 1.76. The summed E-state index contributed by atoms with van der Waals surface area (Å²) in [4.78, 5) is 0. The van der Waals surface area contributed by atoms with E-state index in [2.05, 4.69) is 0 Å². The third-order valence-corrected chi connectivity index (χ3v) is 4.87. The molecule has 0 spiro atoms. The molecule has 0 saturated carbocycles. The van der Waals surface area contributed by atoms with Crippen LogP contribution in [0.1, 0.15) is 5.56 Å². The van der Waals surface area contributed by atoms with Crippen molar-refractivity contribution in [1.29, 1.82) is 0 Å². The lowest BCUT2D eigenvalue weighted by molar-refractivity contribution is 0.452. The molecule has 0 bridgehead atoms. The van der Waals surface area contributed by atoms with Crippen LogP contribution >= 0.6 is 0 Å². The Kier molecular flexibility index (Phi) is 3.28. The molecule has 1 aromatic rings. The summed E-state index contributed by atoms with van der Waals surface area (Å²) < 4.78 is 26.5. The van der Waals surface area contributed by atoms with E-state index in [1.54, 1.807) is 11.4 Å². The van der Waals surface area contributed by atoms with Gasteiger partial charge in [-0.3, -0.25) is 0 Å². The van der Waals surface area contributed by atoms with E-state index in [0.717, 1.165) is 6.42 Å². The molecule has 0 aliphatic carbocycles. The highest BCUT2D eigenvalue weighted by atomic mass is 32.2. The zero-order valence-corrected chi connectivity index (χ0v) is 10.2. The van der Waals surface area contributed by atoms with Crippen LogP contribution in [-0.4, -0.2) is 43.7 Å². The molecule has 2 rings (SSSR count). The smallest absolute Gasteiger partial charge is 0.195 e. The van der Waals surface area contributed by atoms with Crippen LogP contribution in [0.3, 0.4) is 0 Å². The summed E-state index contributed by atoms with van der Waals surface area (Å²) in [6.07, 6.45) is 0.772. The fourth-order valence-electron chi connectivity index (χ4n) is 1.81. The average molecular weight is 240 g/mol. The summed E-state index contributed by atoms with van der Waals surface area (Å²) in [5.41, 5.74) is 1.17. The molecule has 1 saturated heterocycles. The van der Waals surface area contributed by atoms with Gasteiger partial charge in [-0.05, 0) is 12.0 Å². The average Bonchev–Trinajstić information content (AvgIpc) is 2.53. The summed E-state index contributed by atoms with van der Waals surface area (Å²) >= 11 is 0. The van der Waals surface area contributed by atoms with Gasteiger partial charge in [-0.2, -0.15) is 17.0 Å². The standard InChI is InChI=1S/C11H16N2O2S/c1-12-9-10-13(16(12,14)15)8-7-11-5-3-2-4-6-11/h2-6H,7-10H2,1H3. The van der Waals surface area contributed by atoms with Crippen molar-refractivity contribution in [2.75, 3.05) is 26.7 Å². The molecule has 1 aliphatic heterocycles. The van der Waals surface area contributed by atoms with Crippen LogP contribution in [0.15, 0.2) is 30.3 Å². The maximum atomic E-state index is 11.8. The van der Waals surface area contributed by atoms with E-state index in [0.29, 0.717) is 19.6 Å². The second-order valence-corrected chi connectivity index (χ2v) is 6.00. The van der Waals surface area contributed by atoms with Crippen molar-refractivity contribution >= 4 is 10.2 Å². The Labute approximate surface area is 96.7 Å². The highest BCUT2D eigenvalue weighted by molar-refractivity contribution is 7.87. The van der Waals surface area contributed by atoms with Crippen LogP contribution in [0.5, 0.6) is 0 Å². The maximum Gasteiger partial charge on any atom is 0.281 e. The molecule has 0 radical (unpaired) electrons. The molecular formula is C11H16N2O2S. The van der Waals surface area contributed by atoms with E-state index in [4.69, 9.17) is 0 Å². The molecule has 0 aromatic heterocycles. The minimum Gasteiger partial charge on any atom is -0.195 e. The number of hydrogen-bond donors (Lipinski definition) is 0. The number of rotatable bonds is 3. The van der Waals surface area contributed by atoms with Crippen LogP contribution in [0.25, 0.3) is 0 Å². The van der Waals surface area contributed by atoms with E-state index in [1.165, 1.54) is 9.87 Å². The Balaban J connectivity index is 1.97. The van der Waals surface area contributed by atoms with Crippen molar-refractivity contribution in [2.24, 2.45) is 0 Å². The molecule has 88 valence electrons. The predicted molar refractivity (Wildman–Crippen MR) is 63.3 cm³/mol. The molecule has 0 N–H and O–H groups in total. The Bertz CT molecular complexity index is 444. The Morgan fingerprint density at radius 1 is 1.19 bits per heavy atom. The van der Waals surface area contributed by atoms with Crippen molar-refractivity contribution in [2.45, 2.75) is 6.42 Å². The molecule has 0 unspecified atom stereocenters. The Morgan fingerprint density at radius 3 is 2.44 bits per heavy atom. The molecule has 1 aromatic carbocycles. The molecule has 0 atom stereocenters. The Hall–Kier alpha value is -0.910. The third kappa shape index (κ3) is 2.26. The molecule has 1 aliphatic rings. The number of nitrogens with zero attached hydrogens (tertiary/aromatic N) is 2. The van der Waals surface area contributed by atoms with Crippen LogP contribution < -0.4 is 0 Å². The van der Waals surface area contributed by atoms with Crippen LogP contribution in [0.4, 0.5) is 0 Å². The van der Waals surface area contributed by atoms with Gasteiger partial charge in [0.15, 0.2) is 0 Å². The fourth-order valence-corrected chi connectivity index (χ4v) is 3.15. The zero-order chi connectivity index (χ0) is 11.6. The normalized spacial score (nSPS) is 21.3. The monoisotopic (exact) mass is 240 g/mol. The van der Waals surface area contributed by atoms with Gasteiger partial charge >= 0.3 is 0 Å². The molecule has 4 nitrogen and oxygen atoms in total. The first-order valence-electron chi connectivity index (χ1n) is 5.36. The van der Waals surface area contributed by atoms with E-state index in [9.17, 15) is 8.42 Å². The van der Waals surface area contributed by atoms with E-state index >= 15 is 0 Å². The highest BCUT2D eigenvalue weighted by Crippen LogP contribution is 2.14. The van der Waals surface area contributed by atoms with Gasteiger partial charge < -0.3 is 0 Å². The van der Waals surface area contributed by atoms with E-state index < -0.39 is 10.2 Å². The van der Waals surface area contributed by atoms with E-state index in [-0.39, 0.29) is 0 Å². The highest BCUT2D eigenvalue weighted by Gasteiger charge is 2.32. The van der Waals surface area contributed by atoms with Crippen LogP contribution in [0.2, 0.25) is 0 Å². The summed E-state index contributed by atoms with van der Waals surface area (Å²) in [6, 6.07) is 9.95. The maximum absolute atomic E-state index is 11.8. The minimum absolute atomic E-state index is 0.566. The molecule has 5 heteroatoms. The van der Waals surface area contributed by atoms with Gasteiger partial charge in [-0.15, -0.1) is 0 Å². The lowest BCUT2D eigenvalue weighted by Crippen LogP contribution is -2.32. The topological polar surface area (TPSA) is 40.6 Å². The fraction of sp³-hybridized carbons (Fsp3) is 0.455. The van der Waals surface area contributed by atoms with E-state index in [1.807, 2.05) is 30.3 Å². The first kappa shape index (κ1) is 11.6. The van der Waals surface area contributed by atoms with Gasteiger partial charge in [0, 0.05) is 26.7 Å². The van der Waals surface area contributed by atoms with Crippen molar-refractivity contribution in [3.05, 3.63) is 35.9 Å². The largest absolute Gasteiger partial charge is 0.281 e. The predicted octanol–water partition coefficient (Wildman–Crippen LogP) is 0.721. The Morgan fingerprint density at radius 2 is 1.88 bits per heavy atom. The van der Waals surface area contributed by atoms with Crippen molar-refractivity contribution in [1.82, 2.24) is 8.61 Å². The SMILES string of the molecule is CN1CCN(CCc2ccccc2)S1(=O)=O. The van der Waals surface area contributed by atoms with Crippen molar-refractivity contribution < 1.29 is 8.42 Å².